The number of aliphatic hydroxyl groups is 5. The second-order valence-electron chi connectivity index (χ2n) is 18.9. The molecule has 1 rings (SSSR count). The summed E-state index contributed by atoms with van der Waals surface area (Å²) in [6, 6.07) is -0.842. The fourth-order valence-electron chi connectivity index (χ4n) is 8.16. The molecule has 1 aliphatic rings. The monoisotopic (exact) mass is 972 g/mol. The van der Waals surface area contributed by atoms with Crippen LogP contribution in [0.15, 0.2) is 72.9 Å². The Kier molecular flexibility index (Phi) is 44.1. The fraction of sp³-hybridized carbons (Fsp3) is 0.759. The minimum Gasteiger partial charge on any atom is -0.466 e. The zero-order valence-electron chi connectivity index (χ0n) is 43.5. The third-order valence-corrected chi connectivity index (χ3v) is 12.6. The first kappa shape index (κ1) is 64.1. The van der Waals surface area contributed by atoms with Gasteiger partial charge in [-0.05, 0) is 110 Å². The van der Waals surface area contributed by atoms with Gasteiger partial charge in [-0.1, -0.05) is 170 Å². The van der Waals surface area contributed by atoms with Gasteiger partial charge < -0.3 is 45.1 Å². The maximum Gasteiger partial charge on any atom is 0.305 e. The van der Waals surface area contributed by atoms with E-state index in [0.29, 0.717) is 25.9 Å². The Labute approximate surface area is 420 Å². The second-order valence-corrected chi connectivity index (χ2v) is 18.9. The normalized spacial score (nSPS) is 19.9. The molecule has 0 aromatic heterocycles. The van der Waals surface area contributed by atoms with Crippen molar-refractivity contribution >= 4 is 11.9 Å². The molecule has 0 bridgehead atoms. The second kappa shape index (κ2) is 47.4. The van der Waals surface area contributed by atoms with Gasteiger partial charge >= 0.3 is 5.97 Å². The Morgan fingerprint density at radius 2 is 1.04 bits per heavy atom. The van der Waals surface area contributed by atoms with Gasteiger partial charge in [0.1, 0.15) is 24.4 Å². The van der Waals surface area contributed by atoms with Crippen LogP contribution in [0.1, 0.15) is 219 Å². The molecule has 0 spiro atoms. The van der Waals surface area contributed by atoms with E-state index in [0.717, 1.165) is 89.9 Å². The number of unbranched alkanes of at least 4 members (excludes halogenated alkanes) is 24. The number of allylic oxidation sites excluding steroid dienone is 11. The number of aliphatic hydroxyl groups excluding tert-OH is 5. The van der Waals surface area contributed by atoms with Crippen LogP contribution in [0, 0.1) is 0 Å². The van der Waals surface area contributed by atoms with Gasteiger partial charge in [-0.3, -0.25) is 9.59 Å². The molecule has 11 heteroatoms. The summed E-state index contributed by atoms with van der Waals surface area (Å²) >= 11 is 0. The summed E-state index contributed by atoms with van der Waals surface area (Å²) in [5, 5.41) is 54.1. The lowest BCUT2D eigenvalue weighted by atomic mass is 9.99. The van der Waals surface area contributed by atoms with Crippen LogP contribution in [0.25, 0.3) is 0 Å². The Hall–Kier alpha value is -2.90. The van der Waals surface area contributed by atoms with Crippen molar-refractivity contribution < 1.29 is 49.3 Å². The number of carbonyl (C=O) groups excluding carboxylic acids is 2. The predicted molar refractivity (Wildman–Crippen MR) is 283 cm³/mol. The number of rotatable bonds is 46. The molecule has 1 heterocycles. The van der Waals surface area contributed by atoms with E-state index in [2.05, 4.69) is 66.9 Å². The van der Waals surface area contributed by atoms with Crippen molar-refractivity contribution in [2.75, 3.05) is 19.8 Å². The first-order chi connectivity index (χ1) is 33.7. The maximum atomic E-state index is 13.0. The predicted octanol–water partition coefficient (Wildman–Crippen LogP) is 12.1. The molecule has 1 saturated heterocycles. The van der Waals surface area contributed by atoms with Gasteiger partial charge in [0.05, 0.1) is 32.0 Å². The highest BCUT2D eigenvalue weighted by atomic mass is 16.7. The van der Waals surface area contributed by atoms with Crippen LogP contribution in [0.4, 0.5) is 0 Å². The van der Waals surface area contributed by atoms with Gasteiger partial charge in [0.25, 0.3) is 0 Å². The topological polar surface area (TPSA) is 175 Å². The van der Waals surface area contributed by atoms with Crippen LogP contribution >= 0.6 is 0 Å². The molecule has 1 fully saturated rings. The minimum atomic E-state index is -1.58. The summed E-state index contributed by atoms with van der Waals surface area (Å²) < 4.78 is 16.6. The number of ether oxygens (including phenoxy) is 3. The Balaban J connectivity index is 2.09. The van der Waals surface area contributed by atoms with Crippen molar-refractivity contribution in [2.45, 2.75) is 262 Å². The van der Waals surface area contributed by atoms with Gasteiger partial charge in [-0.15, -0.1) is 0 Å². The third-order valence-electron chi connectivity index (χ3n) is 12.6. The van der Waals surface area contributed by atoms with E-state index >= 15 is 0 Å². The van der Waals surface area contributed by atoms with Crippen LogP contribution < -0.4 is 5.32 Å². The molecule has 11 nitrogen and oxygen atoms in total. The van der Waals surface area contributed by atoms with Crippen LogP contribution in [0.3, 0.4) is 0 Å². The van der Waals surface area contributed by atoms with E-state index < -0.39 is 49.5 Å². The minimum absolute atomic E-state index is 0.0400. The average molecular weight is 972 g/mol. The standard InChI is InChI=1S/C58H101NO10/c1-3-5-7-9-11-13-14-22-26-30-34-38-42-46-54(63)67-47-43-39-35-31-27-24-21-19-17-15-16-18-20-23-25-29-33-37-41-45-53(62)59-50(51(61)44-40-36-32-28-12-10-8-6-4-2)49-68-58-57(66)56(65)55(64)52(48-60)69-58/h4,6,12-14,19,21,24,27-28,40,44,50-52,55-58,60-61,64-66H,3,5,7-11,15-18,20,22-23,25-26,29-39,41-43,45-49H2,1-2H3,(H,59,62)/b6-4+,14-13-,21-19-,27-24-,28-12+,44-40+. The molecular formula is C58H101NO10. The summed E-state index contributed by atoms with van der Waals surface area (Å²) in [7, 11) is 0. The first-order valence-corrected chi connectivity index (χ1v) is 27.7. The Morgan fingerprint density at radius 3 is 1.61 bits per heavy atom. The smallest absolute Gasteiger partial charge is 0.305 e. The van der Waals surface area contributed by atoms with Crippen molar-refractivity contribution in [3.05, 3.63) is 72.9 Å². The molecule has 6 N–H and O–H groups in total. The van der Waals surface area contributed by atoms with Crippen molar-refractivity contribution in [3.8, 4) is 0 Å². The van der Waals surface area contributed by atoms with Crippen molar-refractivity contribution in [1.29, 1.82) is 0 Å². The molecule has 1 aliphatic heterocycles. The van der Waals surface area contributed by atoms with Gasteiger partial charge in [0, 0.05) is 12.8 Å². The van der Waals surface area contributed by atoms with Crippen LogP contribution in [-0.2, 0) is 23.8 Å². The van der Waals surface area contributed by atoms with E-state index in [4.69, 9.17) is 14.2 Å². The lowest BCUT2D eigenvalue weighted by molar-refractivity contribution is -0.302. The number of esters is 1. The highest BCUT2D eigenvalue weighted by Gasteiger charge is 2.44. The Bertz CT molecular complexity index is 1380. The lowest BCUT2D eigenvalue weighted by Crippen LogP contribution is -2.60. The first-order valence-electron chi connectivity index (χ1n) is 27.7. The van der Waals surface area contributed by atoms with Crippen LogP contribution in [0.2, 0.25) is 0 Å². The summed E-state index contributed by atoms with van der Waals surface area (Å²) in [6.07, 6.45) is 51.6. The summed E-state index contributed by atoms with van der Waals surface area (Å²) in [6.45, 7) is 4.00. The van der Waals surface area contributed by atoms with E-state index in [1.165, 1.54) is 96.3 Å². The SMILES string of the molecule is C/C=C/CC/C=C/CC/C=C/C(O)C(COC1OC(CO)C(O)C(O)C1O)NC(=O)CCCCCCCCCCCC/C=C\C=C/CCCCCOC(=O)CCCCCCC/C=C\CCCCCC. The van der Waals surface area contributed by atoms with Crippen LogP contribution in [-0.4, -0.2) is 100 Å². The van der Waals surface area contributed by atoms with Gasteiger partial charge in [0.2, 0.25) is 5.91 Å². The molecule has 0 radical (unpaired) electrons. The molecule has 0 aliphatic carbocycles. The third kappa shape index (κ3) is 37.5. The van der Waals surface area contributed by atoms with E-state index in [1.807, 2.05) is 19.1 Å². The molecule has 0 saturated carbocycles. The number of hydrogen-bond acceptors (Lipinski definition) is 10. The zero-order chi connectivity index (χ0) is 50.3. The fourth-order valence-corrected chi connectivity index (χ4v) is 8.16. The Morgan fingerprint density at radius 1 is 0.565 bits per heavy atom. The van der Waals surface area contributed by atoms with Crippen molar-refractivity contribution in [1.82, 2.24) is 5.32 Å². The van der Waals surface area contributed by atoms with Crippen molar-refractivity contribution in [2.24, 2.45) is 0 Å². The number of carbonyl (C=O) groups is 2. The highest BCUT2D eigenvalue weighted by Crippen LogP contribution is 2.23. The number of hydrogen-bond donors (Lipinski definition) is 6. The molecule has 69 heavy (non-hydrogen) atoms. The summed E-state index contributed by atoms with van der Waals surface area (Å²) in [5.41, 5.74) is 0. The largest absolute Gasteiger partial charge is 0.466 e. The molecule has 0 aromatic carbocycles. The van der Waals surface area contributed by atoms with E-state index in [-0.39, 0.29) is 18.5 Å². The maximum absolute atomic E-state index is 13.0. The molecular weight excluding hydrogens is 871 g/mol. The highest BCUT2D eigenvalue weighted by molar-refractivity contribution is 5.76. The molecule has 398 valence electrons. The van der Waals surface area contributed by atoms with E-state index in [1.54, 1.807) is 6.08 Å². The summed E-state index contributed by atoms with van der Waals surface area (Å²) in [4.78, 5) is 25.0. The van der Waals surface area contributed by atoms with Gasteiger partial charge in [0.15, 0.2) is 6.29 Å². The van der Waals surface area contributed by atoms with Gasteiger partial charge in [-0.2, -0.15) is 0 Å². The number of nitrogens with one attached hydrogen (secondary N) is 1. The molecule has 1 amide bonds. The van der Waals surface area contributed by atoms with Crippen molar-refractivity contribution in [3.63, 3.8) is 0 Å². The quantitative estimate of drug-likeness (QED) is 0.0149. The zero-order valence-corrected chi connectivity index (χ0v) is 43.5. The summed E-state index contributed by atoms with van der Waals surface area (Å²) in [5.74, 6) is -0.252. The molecule has 7 unspecified atom stereocenters. The van der Waals surface area contributed by atoms with Gasteiger partial charge in [-0.25, -0.2) is 0 Å². The molecule has 0 aromatic rings. The number of amides is 1. The van der Waals surface area contributed by atoms with Crippen LogP contribution in [0.5, 0.6) is 0 Å². The average Bonchev–Trinajstić information content (AvgIpc) is 3.34. The molecule has 7 atom stereocenters. The lowest BCUT2D eigenvalue weighted by Gasteiger charge is -2.40. The van der Waals surface area contributed by atoms with E-state index in [9.17, 15) is 35.1 Å².